The Hall–Kier alpha value is -3.19. The van der Waals surface area contributed by atoms with Crippen LogP contribution in [0, 0.1) is 13.8 Å². The first-order chi connectivity index (χ1) is 14.4. The second kappa shape index (κ2) is 10.0. The maximum absolute atomic E-state index is 12.3. The number of rotatable bonds is 7. The molecule has 0 radical (unpaired) electrons. The average Bonchev–Trinajstić information content (AvgIpc) is 2.72. The van der Waals surface area contributed by atoms with Gasteiger partial charge in [0.1, 0.15) is 0 Å². The first-order valence-electron chi connectivity index (χ1n) is 9.55. The third-order valence-corrected chi connectivity index (χ3v) is 5.25. The van der Waals surface area contributed by atoms with Crippen molar-refractivity contribution < 1.29 is 4.79 Å². The zero-order chi connectivity index (χ0) is 21.5. The van der Waals surface area contributed by atoms with Crippen molar-refractivity contribution >= 4 is 29.6 Å². The fourth-order valence-corrected chi connectivity index (χ4v) is 3.65. The molecule has 1 amide bonds. The molecule has 7 heteroatoms. The molecule has 0 saturated carbocycles. The molecular formula is C23H25N5OS. The molecule has 3 rings (SSSR count). The third-order valence-electron chi connectivity index (χ3n) is 4.34. The first kappa shape index (κ1) is 21.5. The summed E-state index contributed by atoms with van der Waals surface area (Å²) < 4.78 is 0. The van der Waals surface area contributed by atoms with Gasteiger partial charge in [-0.25, -0.2) is 15.4 Å². The minimum absolute atomic E-state index is 0.243. The fraction of sp³-hybridized carbons (Fsp3) is 0.217. The molecule has 2 aromatic carbocycles. The van der Waals surface area contributed by atoms with E-state index in [2.05, 4.69) is 20.5 Å². The van der Waals surface area contributed by atoms with E-state index in [0.717, 1.165) is 39.1 Å². The third kappa shape index (κ3) is 6.15. The van der Waals surface area contributed by atoms with Gasteiger partial charge in [0.25, 0.3) is 5.91 Å². The average molecular weight is 420 g/mol. The standard InChI is InChI=1S/C23H25N5OS/c1-16-13-17(2)26-23(25-16)30-15-19-5-9-20(10-6-19)22(29)27-24-14-18-7-11-21(12-8-18)28(3)4/h5-14H,15H2,1-4H3,(H,27,29)/b24-14+. The van der Waals surface area contributed by atoms with Gasteiger partial charge in [-0.05, 0) is 55.3 Å². The number of hydrogen-bond acceptors (Lipinski definition) is 6. The van der Waals surface area contributed by atoms with Crippen molar-refractivity contribution in [3.63, 3.8) is 0 Å². The first-order valence-corrected chi connectivity index (χ1v) is 10.5. The van der Waals surface area contributed by atoms with Crippen molar-refractivity contribution in [3.05, 3.63) is 82.7 Å². The van der Waals surface area contributed by atoms with Crippen LogP contribution in [-0.2, 0) is 5.75 Å². The number of nitrogens with one attached hydrogen (secondary N) is 1. The number of anilines is 1. The van der Waals surface area contributed by atoms with Crippen LogP contribution in [0.4, 0.5) is 5.69 Å². The zero-order valence-corrected chi connectivity index (χ0v) is 18.4. The second-order valence-electron chi connectivity index (χ2n) is 7.10. The quantitative estimate of drug-likeness (QED) is 0.269. The molecule has 0 unspecified atom stereocenters. The second-order valence-corrected chi connectivity index (χ2v) is 8.05. The highest BCUT2D eigenvalue weighted by Gasteiger charge is 2.06. The van der Waals surface area contributed by atoms with Crippen molar-refractivity contribution in [2.75, 3.05) is 19.0 Å². The van der Waals surface area contributed by atoms with E-state index < -0.39 is 0 Å². The monoisotopic (exact) mass is 419 g/mol. The van der Waals surface area contributed by atoms with Gasteiger partial charge in [-0.3, -0.25) is 4.79 Å². The van der Waals surface area contributed by atoms with E-state index in [1.807, 2.05) is 75.3 Å². The molecule has 0 aliphatic rings. The Kier molecular flexibility index (Phi) is 7.19. The SMILES string of the molecule is Cc1cc(C)nc(SCc2ccc(C(=O)N/N=C/c3ccc(N(C)C)cc3)cc2)n1. The highest BCUT2D eigenvalue weighted by Crippen LogP contribution is 2.20. The number of hydrazone groups is 1. The topological polar surface area (TPSA) is 70.5 Å². The summed E-state index contributed by atoms with van der Waals surface area (Å²) in [6, 6.07) is 17.4. The molecule has 154 valence electrons. The van der Waals surface area contributed by atoms with Crippen molar-refractivity contribution in [1.82, 2.24) is 15.4 Å². The van der Waals surface area contributed by atoms with Crippen LogP contribution in [0.3, 0.4) is 0 Å². The van der Waals surface area contributed by atoms with Crippen LogP contribution < -0.4 is 10.3 Å². The molecule has 0 atom stereocenters. The molecular weight excluding hydrogens is 394 g/mol. The molecule has 0 spiro atoms. The van der Waals surface area contributed by atoms with Crippen molar-refractivity contribution in [1.29, 1.82) is 0 Å². The highest BCUT2D eigenvalue weighted by molar-refractivity contribution is 7.98. The molecule has 0 aliphatic carbocycles. The number of carbonyl (C=O) groups is 1. The maximum atomic E-state index is 12.3. The largest absolute Gasteiger partial charge is 0.378 e. The molecule has 0 fully saturated rings. The van der Waals surface area contributed by atoms with E-state index in [0.29, 0.717) is 5.56 Å². The molecule has 1 N–H and O–H groups in total. The maximum Gasteiger partial charge on any atom is 0.271 e. The molecule has 6 nitrogen and oxygen atoms in total. The zero-order valence-electron chi connectivity index (χ0n) is 17.6. The van der Waals surface area contributed by atoms with Gasteiger partial charge >= 0.3 is 0 Å². The number of benzene rings is 2. The van der Waals surface area contributed by atoms with Crippen LogP contribution in [0.5, 0.6) is 0 Å². The van der Waals surface area contributed by atoms with Crippen molar-refractivity contribution in [2.45, 2.75) is 24.8 Å². The summed E-state index contributed by atoms with van der Waals surface area (Å²) in [7, 11) is 3.98. The van der Waals surface area contributed by atoms with E-state index in [4.69, 9.17) is 0 Å². The molecule has 3 aromatic rings. The number of amides is 1. The number of thioether (sulfide) groups is 1. The van der Waals surface area contributed by atoms with E-state index >= 15 is 0 Å². The van der Waals surface area contributed by atoms with Gasteiger partial charge in [0.05, 0.1) is 6.21 Å². The minimum Gasteiger partial charge on any atom is -0.378 e. The number of aryl methyl sites for hydroxylation is 2. The molecule has 1 aromatic heterocycles. The lowest BCUT2D eigenvalue weighted by Gasteiger charge is -2.11. The lowest BCUT2D eigenvalue weighted by atomic mass is 10.1. The van der Waals surface area contributed by atoms with E-state index in [9.17, 15) is 4.79 Å². The summed E-state index contributed by atoms with van der Waals surface area (Å²) in [5.41, 5.74) is 8.19. The van der Waals surface area contributed by atoms with Gasteiger partial charge in [0, 0.05) is 42.5 Å². The van der Waals surface area contributed by atoms with Gasteiger partial charge in [0.2, 0.25) is 0 Å². The van der Waals surface area contributed by atoms with Crippen LogP contribution in [0.15, 0.2) is 64.9 Å². The van der Waals surface area contributed by atoms with Crippen LogP contribution in [0.1, 0.15) is 32.9 Å². The number of aromatic nitrogens is 2. The lowest BCUT2D eigenvalue weighted by molar-refractivity contribution is 0.0955. The smallest absolute Gasteiger partial charge is 0.271 e. The summed E-state index contributed by atoms with van der Waals surface area (Å²) in [5, 5.41) is 4.81. The summed E-state index contributed by atoms with van der Waals surface area (Å²) in [6.45, 7) is 3.93. The van der Waals surface area contributed by atoms with E-state index in [1.54, 1.807) is 30.1 Å². The summed E-state index contributed by atoms with van der Waals surface area (Å²) in [5.74, 6) is 0.499. The van der Waals surface area contributed by atoms with Crippen LogP contribution in [-0.4, -0.2) is 36.2 Å². The molecule has 30 heavy (non-hydrogen) atoms. The Morgan fingerprint density at radius 2 is 1.67 bits per heavy atom. The van der Waals surface area contributed by atoms with Crippen LogP contribution in [0.25, 0.3) is 0 Å². The fourth-order valence-electron chi connectivity index (χ4n) is 2.75. The highest BCUT2D eigenvalue weighted by atomic mass is 32.2. The van der Waals surface area contributed by atoms with E-state index in [-0.39, 0.29) is 5.91 Å². The predicted octanol–water partition coefficient (Wildman–Crippen LogP) is 4.22. The number of hydrogen-bond donors (Lipinski definition) is 1. The molecule has 0 saturated heterocycles. The normalized spacial score (nSPS) is 10.9. The van der Waals surface area contributed by atoms with Gasteiger partial charge < -0.3 is 4.90 Å². The van der Waals surface area contributed by atoms with Crippen molar-refractivity contribution in [3.8, 4) is 0 Å². The van der Waals surface area contributed by atoms with E-state index in [1.165, 1.54) is 0 Å². The van der Waals surface area contributed by atoms with Crippen molar-refractivity contribution in [2.24, 2.45) is 5.10 Å². The van der Waals surface area contributed by atoms with Gasteiger partial charge in [-0.1, -0.05) is 36.0 Å². The Bertz CT molecular complexity index is 1010. The molecule has 1 heterocycles. The summed E-state index contributed by atoms with van der Waals surface area (Å²) >= 11 is 1.58. The van der Waals surface area contributed by atoms with Gasteiger partial charge in [-0.15, -0.1) is 0 Å². The Balaban J connectivity index is 1.53. The number of carbonyl (C=O) groups excluding carboxylic acids is 1. The Morgan fingerprint density at radius 3 is 2.27 bits per heavy atom. The Morgan fingerprint density at radius 1 is 1.03 bits per heavy atom. The summed E-state index contributed by atoms with van der Waals surface area (Å²) in [6.07, 6.45) is 1.63. The lowest BCUT2D eigenvalue weighted by Crippen LogP contribution is -2.17. The molecule has 0 aliphatic heterocycles. The Labute approximate surface area is 181 Å². The predicted molar refractivity (Wildman–Crippen MR) is 123 cm³/mol. The minimum atomic E-state index is -0.243. The van der Waals surface area contributed by atoms with Crippen LogP contribution in [0.2, 0.25) is 0 Å². The summed E-state index contributed by atoms with van der Waals surface area (Å²) in [4.78, 5) is 23.2. The van der Waals surface area contributed by atoms with Gasteiger partial charge in [0.15, 0.2) is 5.16 Å². The van der Waals surface area contributed by atoms with Crippen LogP contribution >= 0.6 is 11.8 Å². The molecule has 0 bridgehead atoms. The number of nitrogens with zero attached hydrogens (tertiary/aromatic N) is 4. The van der Waals surface area contributed by atoms with Gasteiger partial charge in [-0.2, -0.15) is 5.10 Å².